The van der Waals surface area contributed by atoms with Gasteiger partial charge in [0.2, 0.25) is 5.79 Å². The first-order valence-corrected chi connectivity index (χ1v) is 5.98. The SMILES string of the molecule is CSC1=NCOC1(O)c1ccc(Cl)cc1. The predicted octanol–water partition coefficient (Wildman–Crippen LogP) is 2.23. The number of hydrogen-bond acceptors (Lipinski definition) is 4. The topological polar surface area (TPSA) is 41.8 Å². The van der Waals surface area contributed by atoms with Crippen LogP contribution in [0.2, 0.25) is 5.02 Å². The number of rotatable bonds is 1. The van der Waals surface area contributed by atoms with E-state index in [2.05, 4.69) is 4.99 Å². The molecule has 5 heteroatoms. The minimum Gasteiger partial charge on any atom is -0.356 e. The number of nitrogens with zero attached hydrogens (tertiary/aromatic N) is 1. The maximum absolute atomic E-state index is 10.3. The van der Waals surface area contributed by atoms with Crippen molar-refractivity contribution in [3.8, 4) is 0 Å². The molecule has 15 heavy (non-hydrogen) atoms. The highest BCUT2D eigenvalue weighted by Crippen LogP contribution is 2.33. The van der Waals surface area contributed by atoms with Gasteiger partial charge in [-0.15, -0.1) is 11.8 Å². The van der Waals surface area contributed by atoms with Crippen molar-refractivity contribution in [2.24, 2.45) is 4.99 Å². The normalized spacial score (nSPS) is 25.4. The van der Waals surface area contributed by atoms with Gasteiger partial charge in [-0.1, -0.05) is 23.7 Å². The van der Waals surface area contributed by atoms with Gasteiger partial charge < -0.3 is 9.84 Å². The van der Waals surface area contributed by atoms with Crippen LogP contribution in [0.15, 0.2) is 29.3 Å². The second kappa shape index (κ2) is 4.14. The molecule has 0 fully saturated rings. The first-order chi connectivity index (χ1) is 7.16. The third kappa shape index (κ3) is 1.90. The van der Waals surface area contributed by atoms with E-state index in [-0.39, 0.29) is 6.73 Å². The minimum atomic E-state index is -1.40. The van der Waals surface area contributed by atoms with Crippen molar-refractivity contribution in [2.45, 2.75) is 5.79 Å². The molecule has 0 saturated heterocycles. The summed E-state index contributed by atoms with van der Waals surface area (Å²) in [5.41, 5.74) is 0.650. The van der Waals surface area contributed by atoms with Crippen LogP contribution in [0.4, 0.5) is 0 Å². The summed E-state index contributed by atoms with van der Waals surface area (Å²) in [5, 5.41) is 11.5. The first-order valence-electron chi connectivity index (χ1n) is 4.38. The lowest BCUT2D eigenvalue weighted by Gasteiger charge is -2.22. The lowest BCUT2D eigenvalue weighted by molar-refractivity contribution is -0.139. The molecule has 0 aliphatic carbocycles. The van der Waals surface area contributed by atoms with Crippen LogP contribution in [0.5, 0.6) is 0 Å². The summed E-state index contributed by atoms with van der Waals surface area (Å²) >= 11 is 7.16. The molecule has 0 saturated carbocycles. The average Bonchev–Trinajstić information content (AvgIpc) is 2.61. The Labute approximate surface area is 97.1 Å². The molecule has 1 atom stereocenters. The van der Waals surface area contributed by atoms with E-state index in [0.717, 1.165) is 0 Å². The number of aliphatic imine (C=N–C) groups is 1. The second-order valence-electron chi connectivity index (χ2n) is 3.09. The van der Waals surface area contributed by atoms with Gasteiger partial charge in [0.25, 0.3) is 0 Å². The van der Waals surface area contributed by atoms with Crippen molar-refractivity contribution >= 4 is 28.4 Å². The molecule has 1 N–H and O–H groups in total. The fourth-order valence-electron chi connectivity index (χ4n) is 1.44. The second-order valence-corrected chi connectivity index (χ2v) is 4.32. The fraction of sp³-hybridized carbons (Fsp3) is 0.300. The Morgan fingerprint density at radius 1 is 1.47 bits per heavy atom. The van der Waals surface area contributed by atoms with E-state index in [9.17, 15) is 5.11 Å². The first kappa shape index (κ1) is 11.0. The van der Waals surface area contributed by atoms with Crippen LogP contribution in [-0.2, 0) is 10.5 Å². The Morgan fingerprint density at radius 2 is 2.13 bits per heavy atom. The molecule has 0 spiro atoms. The summed E-state index contributed by atoms with van der Waals surface area (Å²) < 4.78 is 5.26. The lowest BCUT2D eigenvalue weighted by Crippen LogP contribution is -2.32. The number of aliphatic hydroxyl groups is 1. The minimum absolute atomic E-state index is 0.190. The Morgan fingerprint density at radius 3 is 2.73 bits per heavy atom. The Balaban J connectivity index is 2.37. The van der Waals surface area contributed by atoms with Crippen molar-refractivity contribution in [2.75, 3.05) is 13.0 Å². The van der Waals surface area contributed by atoms with E-state index in [1.54, 1.807) is 24.3 Å². The van der Waals surface area contributed by atoms with Crippen molar-refractivity contribution in [1.29, 1.82) is 0 Å². The number of benzene rings is 1. The van der Waals surface area contributed by atoms with Crippen LogP contribution in [0.25, 0.3) is 0 Å². The van der Waals surface area contributed by atoms with Gasteiger partial charge >= 0.3 is 0 Å². The zero-order valence-corrected chi connectivity index (χ0v) is 9.68. The van der Waals surface area contributed by atoms with E-state index in [4.69, 9.17) is 16.3 Å². The molecule has 0 radical (unpaired) electrons. The number of ether oxygens (including phenoxy) is 1. The maximum atomic E-state index is 10.3. The van der Waals surface area contributed by atoms with Gasteiger partial charge in [-0.05, 0) is 18.4 Å². The van der Waals surface area contributed by atoms with Crippen LogP contribution in [-0.4, -0.2) is 23.1 Å². The Kier molecular flexibility index (Phi) is 3.02. The van der Waals surface area contributed by atoms with Gasteiger partial charge in [0.05, 0.1) is 0 Å². The smallest absolute Gasteiger partial charge is 0.244 e. The van der Waals surface area contributed by atoms with Gasteiger partial charge in [-0.25, -0.2) is 4.99 Å². The van der Waals surface area contributed by atoms with Crippen LogP contribution < -0.4 is 0 Å². The molecule has 1 aliphatic rings. The molecular formula is C10H10ClNO2S. The van der Waals surface area contributed by atoms with Crippen molar-refractivity contribution in [1.82, 2.24) is 0 Å². The van der Waals surface area contributed by atoms with Gasteiger partial charge in [0.15, 0.2) is 0 Å². The van der Waals surface area contributed by atoms with E-state index in [1.807, 2.05) is 6.26 Å². The Hall–Kier alpha value is -0.550. The van der Waals surface area contributed by atoms with Crippen LogP contribution in [0.1, 0.15) is 5.56 Å². The van der Waals surface area contributed by atoms with Gasteiger partial charge in [-0.2, -0.15) is 0 Å². The molecule has 1 heterocycles. The molecular weight excluding hydrogens is 234 g/mol. The zero-order chi connectivity index (χ0) is 10.9. The molecule has 2 rings (SSSR count). The summed E-state index contributed by atoms with van der Waals surface area (Å²) in [6.07, 6.45) is 1.86. The summed E-state index contributed by atoms with van der Waals surface area (Å²) in [4.78, 5) is 4.08. The van der Waals surface area contributed by atoms with Crippen molar-refractivity contribution < 1.29 is 9.84 Å². The van der Waals surface area contributed by atoms with Crippen LogP contribution >= 0.6 is 23.4 Å². The van der Waals surface area contributed by atoms with E-state index < -0.39 is 5.79 Å². The van der Waals surface area contributed by atoms with E-state index >= 15 is 0 Å². The highest BCUT2D eigenvalue weighted by Gasteiger charge is 2.40. The molecule has 80 valence electrons. The molecule has 1 unspecified atom stereocenters. The van der Waals surface area contributed by atoms with Gasteiger partial charge in [0.1, 0.15) is 11.8 Å². The molecule has 0 amide bonds. The van der Waals surface area contributed by atoms with Gasteiger partial charge in [0, 0.05) is 10.6 Å². The maximum Gasteiger partial charge on any atom is 0.244 e. The van der Waals surface area contributed by atoms with Gasteiger partial charge in [-0.3, -0.25) is 0 Å². The summed E-state index contributed by atoms with van der Waals surface area (Å²) in [6, 6.07) is 6.90. The monoisotopic (exact) mass is 243 g/mol. The van der Waals surface area contributed by atoms with Crippen LogP contribution in [0.3, 0.4) is 0 Å². The Bertz CT molecular complexity index is 393. The predicted molar refractivity (Wildman–Crippen MR) is 62.3 cm³/mol. The fourth-order valence-corrected chi connectivity index (χ4v) is 2.20. The van der Waals surface area contributed by atoms with Crippen molar-refractivity contribution in [3.05, 3.63) is 34.9 Å². The highest BCUT2D eigenvalue weighted by molar-refractivity contribution is 8.13. The molecule has 0 bridgehead atoms. The summed E-state index contributed by atoms with van der Waals surface area (Å²) in [5.74, 6) is -1.40. The standard InChI is InChI=1S/C10H10ClNO2S/c1-15-9-10(13,14-6-12-9)7-2-4-8(11)5-3-7/h2-5,13H,6H2,1H3. The average molecular weight is 244 g/mol. The molecule has 0 aromatic heterocycles. The molecule has 3 nitrogen and oxygen atoms in total. The highest BCUT2D eigenvalue weighted by atomic mass is 35.5. The number of hydrogen-bond donors (Lipinski definition) is 1. The van der Waals surface area contributed by atoms with Crippen LogP contribution in [0, 0.1) is 0 Å². The van der Waals surface area contributed by atoms with Crippen molar-refractivity contribution in [3.63, 3.8) is 0 Å². The summed E-state index contributed by atoms with van der Waals surface area (Å²) in [7, 11) is 0. The van der Waals surface area contributed by atoms with E-state index in [1.165, 1.54) is 11.8 Å². The zero-order valence-electron chi connectivity index (χ0n) is 8.11. The quantitative estimate of drug-likeness (QED) is 0.823. The molecule has 1 aliphatic heterocycles. The third-order valence-electron chi connectivity index (χ3n) is 2.20. The lowest BCUT2D eigenvalue weighted by atomic mass is 10.1. The van der Waals surface area contributed by atoms with E-state index in [0.29, 0.717) is 15.6 Å². The molecule has 1 aromatic carbocycles. The molecule has 1 aromatic rings. The largest absolute Gasteiger partial charge is 0.356 e. The third-order valence-corrected chi connectivity index (χ3v) is 3.24. The number of halogens is 1. The summed E-state index contributed by atoms with van der Waals surface area (Å²) in [6.45, 7) is 0.190. The number of thioether (sulfide) groups is 1.